The van der Waals surface area contributed by atoms with Crippen LogP contribution in [0.4, 0.5) is 11.5 Å². The Morgan fingerprint density at radius 3 is 2.68 bits per heavy atom. The number of phenols is 1. The number of aryl methyl sites for hydroxylation is 2. The summed E-state index contributed by atoms with van der Waals surface area (Å²) in [5.74, 6) is 0.415. The lowest BCUT2D eigenvalue weighted by atomic mass is 9.77. The Morgan fingerprint density at radius 1 is 1.11 bits per heavy atom. The zero-order valence-electron chi connectivity index (χ0n) is 26.8. The van der Waals surface area contributed by atoms with Gasteiger partial charge >= 0.3 is 0 Å². The van der Waals surface area contributed by atoms with E-state index >= 15 is 0 Å². The largest absolute Gasteiger partial charge is 0.507 e. The monoisotopic (exact) mass is 632 g/mol. The standard InChI is InChI=1S/C37H40N6O4/c1-37(11-12-37)36(46)41-34(35(45)40-25-8-9-29(32(44)16-25)31-18-38-21-42(31)2)28-5-3-4-22-6-7-23(14-30(22)28)24-10-13-39-33(15-24)43-19-27-17-26(43)20-47-27/h6-10,13-16,18,21,26-28,34,44H,3-5,11-12,17,19-20H2,1-2H3,(H,40,45)(H,41,46)/t26-,27-,28-,34+/m1/s1. The summed E-state index contributed by atoms with van der Waals surface area (Å²) in [5, 5.41) is 17.0. The van der Waals surface area contributed by atoms with E-state index in [9.17, 15) is 14.7 Å². The molecule has 4 aromatic rings. The number of rotatable bonds is 8. The third kappa shape index (κ3) is 5.54. The fourth-order valence-corrected chi connectivity index (χ4v) is 7.54. The normalized spacial score (nSPS) is 22.9. The molecule has 2 aliphatic carbocycles. The first-order valence-corrected chi connectivity index (χ1v) is 16.6. The molecule has 2 bridgehead atoms. The van der Waals surface area contributed by atoms with Gasteiger partial charge in [0.25, 0.3) is 0 Å². The van der Waals surface area contributed by atoms with Crippen molar-refractivity contribution in [2.45, 2.75) is 69.6 Å². The lowest BCUT2D eigenvalue weighted by Gasteiger charge is -2.33. The van der Waals surface area contributed by atoms with Crippen molar-refractivity contribution in [1.29, 1.82) is 0 Å². The summed E-state index contributed by atoms with van der Waals surface area (Å²) in [6, 6.07) is 15.4. The first-order chi connectivity index (χ1) is 22.8. The molecule has 2 aliphatic heterocycles. The van der Waals surface area contributed by atoms with Crippen molar-refractivity contribution in [3.05, 3.63) is 78.4 Å². The third-order valence-corrected chi connectivity index (χ3v) is 10.7. The van der Waals surface area contributed by atoms with Gasteiger partial charge in [0.15, 0.2) is 0 Å². The van der Waals surface area contributed by atoms with Crippen LogP contribution in [0.5, 0.6) is 5.75 Å². The van der Waals surface area contributed by atoms with Crippen molar-refractivity contribution in [2.24, 2.45) is 12.5 Å². The maximum atomic E-state index is 14.1. The molecule has 4 aliphatic rings. The second kappa shape index (κ2) is 11.5. The zero-order chi connectivity index (χ0) is 32.3. The summed E-state index contributed by atoms with van der Waals surface area (Å²) in [5.41, 5.74) is 5.85. The minimum absolute atomic E-state index is 0.0381. The van der Waals surface area contributed by atoms with Crippen LogP contribution in [-0.4, -0.2) is 62.8 Å². The minimum Gasteiger partial charge on any atom is -0.507 e. The number of aromatic hydroxyl groups is 1. The van der Waals surface area contributed by atoms with E-state index in [-0.39, 0.29) is 29.6 Å². The number of carbonyl (C=O) groups is 2. The molecular formula is C37H40N6O4. The summed E-state index contributed by atoms with van der Waals surface area (Å²) in [6.45, 7) is 3.57. The lowest BCUT2D eigenvalue weighted by Crippen LogP contribution is -2.50. The van der Waals surface area contributed by atoms with Crippen molar-refractivity contribution in [3.8, 4) is 28.1 Å². The van der Waals surface area contributed by atoms with Crippen molar-refractivity contribution >= 4 is 23.3 Å². The molecule has 0 radical (unpaired) electrons. The van der Waals surface area contributed by atoms with E-state index in [4.69, 9.17) is 9.72 Å². The summed E-state index contributed by atoms with van der Waals surface area (Å²) in [6.07, 6.45) is 10.8. The van der Waals surface area contributed by atoms with E-state index in [2.05, 4.69) is 44.8 Å². The van der Waals surface area contributed by atoms with Crippen LogP contribution in [0.2, 0.25) is 0 Å². The number of amides is 2. The number of imidazole rings is 1. The van der Waals surface area contributed by atoms with E-state index in [1.54, 1.807) is 30.7 Å². The number of ether oxygens (including phenoxy) is 1. The number of benzene rings is 2. The average molecular weight is 633 g/mol. The molecule has 2 aromatic carbocycles. The number of hydrogen-bond acceptors (Lipinski definition) is 7. The highest BCUT2D eigenvalue weighted by molar-refractivity contribution is 5.99. The highest BCUT2D eigenvalue weighted by Crippen LogP contribution is 2.46. The third-order valence-electron chi connectivity index (χ3n) is 10.7. The average Bonchev–Trinajstić information content (AvgIpc) is 3.39. The summed E-state index contributed by atoms with van der Waals surface area (Å²) >= 11 is 0. The SMILES string of the molecule is Cn1cncc1-c1ccc(NC(=O)[C@@H](NC(=O)C2(C)CC2)[C@@H]2CCCc3ccc(-c4ccnc(N5C[C@H]6C[C@@H]5CO6)c4)cc32)cc1O. The number of pyridine rings is 1. The van der Waals surface area contributed by atoms with Gasteiger partial charge in [0.05, 0.1) is 37.0 Å². The van der Waals surface area contributed by atoms with E-state index in [1.165, 1.54) is 5.56 Å². The van der Waals surface area contributed by atoms with Crippen molar-refractivity contribution in [3.63, 3.8) is 0 Å². The Bertz CT molecular complexity index is 1870. The van der Waals surface area contributed by atoms with Crippen LogP contribution >= 0.6 is 0 Å². The molecule has 0 unspecified atom stereocenters. The number of phenolic OH excluding ortho intramolecular Hbond substituents is 1. The molecule has 2 aromatic heterocycles. The molecule has 3 N–H and O–H groups in total. The summed E-state index contributed by atoms with van der Waals surface area (Å²) in [7, 11) is 1.86. The number of nitrogens with zero attached hydrogens (tertiary/aromatic N) is 4. The topological polar surface area (TPSA) is 122 Å². The Kier molecular flexibility index (Phi) is 7.28. The van der Waals surface area contributed by atoms with E-state index in [0.29, 0.717) is 17.3 Å². The molecule has 3 fully saturated rings. The number of carbonyl (C=O) groups excluding carboxylic acids is 2. The van der Waals surface area contributed by atoms with Crippen molar-refractivity contribution in [2.75, 3.05) is 23.4 Å². The molecule has 242 valence electrons. The van der Waals surface area contributed by atoms with E-state index < -0.39 is 11.5 Å². The maximum Gasteiger partial charge on any atom is 0.247 e. The summed E-state index contributed by atoms with van der Waals surface area (Å²) in [4.78, 5) is 38.8. The predicted octanol–water partition coefficient (Wildman–Crippen LogP) is 5.18. The van der Waals surface area contributed by atoms with Gasteiger partial charge < -0.3 is 29.9 Å². The Morgan fingerprint density at radius 2 is 1.96 bits per heavy atom. The molecule has 4 atom stereocenters. The van der Waals surface area contributed by atoms with Gasteiger partial charge in [0.1, 0.15) is 17.6 Å². The number of anilines is 2. The molecule has 8 rings (SSSR count). The lowest BCUT2D eigenvalue weighted by molar-refractivity contribution is -0.130. The predicted molar refractivity (Wildman–Crippen MR) is 179 cm³/mol. The zero-order valence-corrected chi connectivity index (χ0v) is 26.8. The van der Waals surface area contributed by atoms with Crippen LogP contribution in [0.15, 0.2) is 67.3 Å². The molecule has 1 saturated carbocycles. The van der Waals surface area contributed by atoms with Gasteiger partial charge in [-0.25, -0.2) is 9.97 Å². The van der Waals surface area contributed by atoms with Crippen LogP contribution in [-0.2, 0) is 27.8 Å². The van der Waals surface area contributed by atoms with Crippen LogP contribution in [0, 0.1) is 5.41 Å². The van der Waals surface area contributed by atoms with E-state index in [0.717, 1.165) is 79.9 Å². The first-order valence-electron chi connectivity index (χ1n) is 16.6. The fraction of sp³-hybridized carbons (Fsp3) is 0.405. The quantitative estimate of drug-likeness (QED) is 0.245. The van der Waals surface area contributed by atoms with Crippen molar-refractivity contribution in [1.82, 2.24) is 19.9 Å². The highest BCUT2D eigenvalue weighted by Gasteiger charge is 2.47. The van der Waals surface area contributed by atoms with Gasteiger partial charge in [0.2, 0.25) is 11.8 Å². The second-order valence-electron chi connectivity index (χ2n) is 13.9. The van der Waals surface area contributed by atoms with Gasteiger partial charge in [-0.2, -0.15) is 0 Å². The molecule has 2 amide bonds. The molecule has 10 nitrogen and oxygen atoms in total. The number of aromatic nitrogens is 3. The van der Waals surface area contributed by atoms with Crippen LogP contribution in [0.1, 0.15) is 56.1 Å². The van der Waals surface area contributed by atoms with Gasteiger partial charge in [-0.3, -0.25) is 9.59 Å². The van der Waals surface area contributed by atoms with Gasteiger partial charge in [-0.15, -0.1) is 0 Å². The van der Waals surface area contributed by atoms with Crippen LogP contribution < -0.4 is 15.5 Å². The molecule has 4 heterocycles. The van der Waals surface area contributed by atoms with Crippen molar-refractivity contribution < 1.29 is 19.4 Å². The van der Waals surface area contributed by atoms with Gasteiger partial charge in [0, 0.05) is 48.4 Å². The number of morpholine rings is 1. The van der Waals surface area contributed by atoms with Gasteiger partial charge in [-0.05, 0) is 85.0 Å². The molecule has 0 spiro atoms. The number of hydrogen-bond donors (Lipinski definition) is 3. The Labute approximate surface area is 274 Å². The molecule has 10 heteroatoms. The number of nitrogens with one attached hydrogen (secondary N) is 2. The first kappa shape index (κ1) is 29.7. The molecular weight excluding hydrogens is 592 g/mol. The maximum absolute atomic E-state index is 14.1. The highest BCUT2D eigenvalue weighted by atomic mass is 16.5. The van der Waals surface area contributed by atoms with Crippen LogP contribution in [0.25, 0.3) is 22.4 Å². The van der Waals surface area contributed by atoms with Gasteiger partial charge in [-0.1, -0.05) is 25.1 Å². The fourth-order valence-electron chi connectivity index (χ4n) is 7.54. The minimum atomic E-state index is -0.777. The Balaban J connectivity index is 1.09. The summed E-state index contributed by atoms with van der Waals surface area (Å²) < 4.78 is 7.63. The molecule has 2 saturated heterocycles. The Hall–Kier alpha value is -4.70. The number of fused-ring (bicyclic) bond motifs is 3. The van der Waals surface area contributed by atoms with E-state index in [1.807, 2.05) is 30.8 Å². The van der Waals surface area contributed by atoms with Crippen LogP contribution in [0.3, 0.4) is 0 Å². The second-order valence-corrected chi connectivity index (χ2v) is 13.9. The smallest absolute Gasteiger partial charge is 0.247 e. The molecule has 47 heavy (non-hydrogen) atoms.